The van der Waals surface area contributed by atoms with Crippen molar-refractivity contribution in [2.24, 2.45) is 17.8 Å². The van der Waals surface area contributed by atoms with Crippen LogP contribution in [0.4, 0.5) is 4.79 Å². The number of ether oxygens (including phenoxy) is 5. The van der Waals surface area contributed by atoms with Crippen molar-refractivity contribution >= 4 is 63.4 Å². The summed E-state index contributed by atoms with van der Waals surface area (Å²) in [5, 5.41) is 45.2. The predicted molar refractivity (Wildman–Crippen MR) is 348 cm³/mol. The van der Waals surface area contributed by atoms with E-state index in [1.165, 1.54) is 6.92 Å². The molecule has 12 N–H and O–H groups in total. The third-order valence-corrected chi connectivity index (χ3v) is 16.8. The number of sulfonamides is 1. The minimum absolute atomic E-state index is 0.0272. The van der Waals surface area contributed by atoms with Gasteiger partial charge in [-0.15, -0.1) is 0 Å². The van der Waals surface area contributed by atoms with Crippen molar-refractivity contribution in [3.8, 4) is 5.75 Å². The second-order valence-corrected chi connectivity index (χ2v) is 29.7. The number of nitrogens with one attached hydrogen (secondary N) is 10. The number of rotatable bonds is 34. The van der Waals surface area contributed by atoms with Crippen LogP contribution in [0.15, 0.2) is 17.3 Å². The van der Waals surface area contributed by atoms with Crippen molar-refractivity contribution in [1.29, 1.82) is 0 Å². The molecule has 2 rings (SSSR count). The highest BCUT2D eigenvalue weighted by Crippen LogP contribution is 2.42. The quantitative estimate of drug-likeness (QED) is 0.0348. The van der Waals surface area contributed by atoms with E-state index >= 15 is 0 Å². The fraction of sp³-hybridized carbons (Fsp3) is 0.734. The Morgan fingerprint density at radius 1 is 0.624 bits per heavy atom. The molecule has 1 heterocycles. The molecular weight excluding hydrogens is 1230 g/mol. The average Bonchev–Trinajstić information content (AvgIpc) is 0.749. The molecule has 1 aromatic rings. The topological polar surface area (TPSA) is 395 Å². The van der Waals surface area contributed by atoms with Gasteiger partial charge in [0, 0.05) is 6.54 Å². The summed E-state index contributed by atoms with van der Waals surface area (Å²) >= 11 is 0. The van der Waals surface area contributed by atoms with E-state index in [0.717, 1.165) is 12.7 Å². The second-order valence-electron chi connectivity index (χ2n) is 28.0. The maximum Gasteiger partial charge on any atom is 0.408 e. The van der Waals surface area contributed by atoms with Crippen LogP contribution in [0.2, 0.25) is 0 Å². The van der Waals surface area contributed by atoms with Gasteiger partial charge in [-0.3, -0.25) is 38.3 Å². The van der Waals surface area contributed by atoms with Gasteiger partial charge in [0.2, 0.25) is 41.4 Å². The smallest absolute Gasteiger partial charge is 0.408 e. The lowest BCUT2D eigenvalue weighted by molar-refractivity contribution is -0.149. The van der Waals surface area contributed by atoms with Crippen molar-refractivity contribution in [2.75, 3.05) is 33.4 Å². The third kappa shape index (κ3) is 26.8. The third-order valence-electron chi connectivity index (χ3n) is 15.2. The van der Waals surface area contributed by atoms with Crippen molar-refractivity contribution in [2.45, 2.75) is 259 Å². The standard InChI is InChI=1S/C64H110N10O18S/c1-24-35(6)47(57(82)72-48(39(10)75)55(80)66-30-45(76)67-43(31-89-61(12,13)14)54(79)69-44(59(84)88-23)32-90-62(15,16)17)71-53(78)42(68-56(81)46(33(2)3)70-58(83)49(50(77)34(4)5)73-60(85)92-63(18,19)20)26-25-29-65-40(11)74-93(86,87)52-37(8)36(7)51-41(38(52)9)27-28-64(21,22)91-51/h33-35,39,42-44,46-50,65,74-75,77H,11,24-32H2,1-10,12-23H3,(H,66,80)(H,67,76)(H,68,81)(H,69,79)(H,70,83)(H,71,78)(H,72,82)(H,73,85)/t35-,39-,42+,43-,44-,46-,47-,48-,49-,50+/m0/s1. The molecule has 0 fully saturated rings. The van der Waals surface area contributed by atoms with E-state index < -0.39 is 165 Å². The van der Waals surface area contributed by atoms with Gasteiger partial charge >= 0.3 is 12.1 Å². The summed E-state index contributed by atoms with van der Waals surface area (Å²) in [4.78, 5) is 124. The summed E-state index contributed by atoms with van der Waals surface area (Å²) in [7, 11) is -3.10. The molecule has 29 heteroatoms. The lowest BCUT2D eigenvalue weighted by atomic mass is 9.88. The zero-order valence-electron chi connectivity index (χ0n) is 58.8. The summed E-state index contributed by atoms with van der Waals surface area (Å²) < 4.78 is 58.7. The van der Waals surface area contributed by atoms with E-state index in [2.05, 4.69) is 59.2 Å². The largest absolute Gasteiger partial charge is 0.487 e. The van der Waals surface area contributed by atoms with E-state index in [-0.39, 0.29) is 49.7 Å². The zero-order chi connectivity index (χ0) is 71.6. The molecule has 530 valence electrons. The van der Waals surface area contributed by atoms with Gasteiger partial charge in [0.1, 0.15) is 59.0 Å². The van der Waals surface area contributed by atoms with Crippen LogP contribution >= 0.6 is 0 Å². The number of methoxy groups -OCH3 is 1. The summed E-state index contributed by atoms with van der Waals surface area (Å²) in [5.41, 5.74) is -0.386. The number of carbonyl (C=O) groups excluding carboxylic acids is 9. The number of amides is 8. The Morgan fingerprint density at radius 3 is 1.66 bits per heavy atom. The Balaban J connectivity index is 2.51. The monoisotopic (exact) mass is 1340 g/mol. The zero-order valence-corrected chi connectivity index (χ0v) is 59.7. The summed E-state index contributed by atoms with van der Waals surface area (Å²) in [5.74, 6) is -8.72. The van der Waals surface area contributed by atoms with Gasteiger partial charge in [-0.05, 0) is 170 Å². The Bertz CT molecular complexity index is 2910. The first kappa shape index (κ1) is 82.3. The summed E-state index contributed by atoms with van der Waals surface area (Å²) in [6.45, 7) is 37.8. The molecule has 1 aromatic carbocycles. The van der Waals surface area contributed by atoms with Crippen LogP contribution in [0.1, 0.15) is 173 Å². The number of aliphatic hydroxyl groups is 2. The molecule has 10 atom stereocenters. The Hall–Kier alpha value is -6.82. The number of hydrogen-bond donors (Lipinski definition) is 12. The van der Waals surface area contributed by atoms with Crippen LogP contribution in [0.3, 0.4) is 0 Å². The minimum Gasteiger partial charge on any atom is -0.487 e. The SMILES string of the molecule is C=C(NCCC[C@@H](NC(=O)[C@@H](NC(=O)[C@@H](NC(=O)OC(C)(C)C)[C@H](O)C(C)C)C(C)C)C(=O)N[C@H](C(=O)N[C@H](C(=O)NCC(=O)N[C@@H](COC(C)(C)C)C(=O)N[C@@H](COC(C)(C)C)C(=O)OC)[C@H](C)O)[C@@H](C)CC)NS(=O)(=O)c1c(C)c(C)c2c(c1C)CCC(C)(C)O2. The maximum atomic E-state index is 14.7. The van der Waals surface area contributed by atoms with Crippen LogP contribution in [0.25, 0.3) is 0 Å². The molecule has 0 saturated carbocycles. The van der Waals surface area contributed by atoms with Gasteiger partial charge in [-0.1, -0.05) is 54.5 Å². The molecule has 28 nitrogen and oxygen atoms in total. The van der Waals surface area contributed by atoms with Crippen LogP contribution < -0.4 is 57.3 Å². The van der Waals surface area contributed by atoms with E-state index in [4.69, 9.17) is 23.7 Å². The first-order chi connectivity index (χ1) is 42.6. The number of benzene rings is 1. The van der Waals surface area contributed by atoms with Crippen molar-refractivity contribution in [3.63, 3.8) is 0 Å². The second kappa shape index (κ2) is 35.1. The van der Waals surface area contributed by atoms with Gasteiger partial charge in [0.25, 0.3) is 10.0 Å². The van der Waals surface area contributed by atoms with Crippen LogP contribution in [0.5, 0.6) is 5.75 Å². The van der Waals surface area contributed by atoms with Gasteiger partial charge in [0.15, 0.2) is 6.04 Å². The van der Waals surface area contributed by atoms with Crippen LogP contribution in [0, 0.1) is 38.5 Å². The van der Waals surface area contributed by atoms with Crippen molar-refractivity contribution in [3.05, 3.63) is 34.7 Å². The van der Waals surface area contributed by atoms with Gasteiger partial charge in [-0.25, -0.2) is 18.0 Å². The Labute approximate surface area is 550 Å². The molecule has 0 aromatic heterocycles. The minimum atomic E-state index is -4.23. The van der Waals surface area contributed by atoms with E-state index in [1.807, 2.05) is 20.8 Å². The Morgan fingerprint density at radius 2 is 1.14 bits per heavy atom. The molecule has 1 aliphatic rings. The van der Waals surface area contributed by atoms with E-state index in [9.17, 15) is 61.8 Å². The Kier molecular flexibility index (Phi) is 31.0. The molecular formula is C64H110N10O18S. The predicted octanol–water partition coefficient (Wildman–Crippen LogP) is 2.66. The fourth-order valence-electron chi connectivity index (χ4n) is 9.54. The fourth-order valence-corrected chi connectivity index (χ4v) is 11.1. The number of hydrogen-bond acceptors (Lipinski definition) is 19. The van der Waals surface area contributed by atoms with Gasteiger partial charge in [-0.2, -0.15) is 0 Å². The molecule has 0 spiro atoms. The van der Waals surface area contributed by atoms with Crippen LogP contribution in [-0.4, -0.2) is 182 Å². The van der Waals surface area contributed by atoms with E-state index in [1.54, 1.807) is 118 Å². The number of aliphatic hydroxyl groups excluding tert-OH is 2. The van der Waals surface area contributed by atoms with Gasteiger partial charge < -0.3 is 81.7 Å². The normalized spacial score (nSPS) is 16.5. The maximum absolute atomic E-state index is 14.7. The lowest BCUT2D eigenvalue weighted by Crippen LogP contribution is -2.62. The molecule has 0 bridgehead atoms. The molecule has 93 heavy (non-hydrogen) atoms. The molecule has 0 radical (unpaired) electrons. The summed E-state index contributed by atoms with van der Waals surface area (Å²) in [6.07, 6.45) is -2.68. The summed E-state index contributed by atoms with van der Waals surface area (Å²) in [6, 6.07) is -10.4. The van der Waals surface area contributed by atoms with Gasteiger partial charge in [0.05, 0.1) is 55.2 Å². The highest BCUT2D eigenvalue weighted by molar-refractivity contribution is 7.89. The van der Waals surface area contributed by atoms with E-state index in [0.29, 0.717) is 35.3 Å². The molecule has 0 unspecified atom stereocenters. The molecule has 8 amide bonds. The van der Waals surface area contributed by atoms with Crippen molar-refractivity contribution < 1.29 is 85.5 Å². The lowest BCUT2D eigenvalue weighted by Gasteiger charge is -2.35. The highest BCUT2D eigenvalue weighted by atomic mass is 32.2. The first-order valence-corrected chi connectivity index (χ1v) is 33.1. The number of fused-ring (bicyclic) bond motifs is 1. The number of esters is 1. The molecule has 1 aliphatic heterocycles. The highest BCUT2D eigenvalue weighted by Gasteiger charge is 2.40. The van der Waals surface area contributed by atoms with Crippen LogP contribution in [-0.2, 0) is 73.7 Å². The molecule has 0 aliphatic carbocycles. The average molecular weight is 1340 g/mol. The molecule has 0 saturated heterocycles. The number of alkyl carbamates (subject to hydrolysis) is 1. The van der Waals surface area contributed by atoms with Crippen molar-refractivity contribution in [1.82, 2.24) is 52.6 Å². The number of carbonyl (C=O) groups is 9. The first-order valence-electron chi connectivity index (χ1n) is 31.6.